The summed E-state index contributed by atoms with van der Waals surface area (Å²) in [5, 5.41) is 0. The Labute approximate surface area is 122 Å². The number of rotatable bonds is 5. The number of aromatic nitrogens is 4. The molecule has 6 heteroatoms. The third kappa shape index (κ3) is 2.79. The van der Waals surface area contributed by atoms with Gasteiger partial charge in [0, 0.05) is 13.6 Å². The molecule has 1 N–H and O–H groups in total. The first kappa shape index (κ1) is 13.4. The zero-order chi connectivity index (χ0) is 14.7. The topological polar surface area (TPSA) is 66.9 Å². The van der Waals surface area contributed by atoms with Gasteiger partial charge in [-0.3, -0.25) is 0 Å². The molecule has 0 aliphatic heterocycles. The van der Waals surface area contributed by atoms with Crippen LogP contribution >= 0.6 is 0 Å². The molecule has 108 valence electrons. The predicted molar refractivity (Wildman–Crippen MR) is 81.7 cm³/mol. The van der Waals surface area contributed by atoms with Gasteiger partial charge in [0.1, 0.15) is 17.6 Å². The fourth-order valence-corrected chi connectivity index (χ4v) is 2.24. The van der Waals surface area contributed by atoms with Crippen molar-refractivity contribution in [2.75, 3.05) is 25.6 Å². The number of nitrogens with zero attached hydrogens (tertiary/aromatic N) is 4. The Bertz CT molecular complexity index is 722. The van der Waals surface area contributed by atoms with Crippen molar-refractivity contribution < 1.29 is 4.74 Å². The van der Waals surface area contributed by atoms with E-state index in [1.807, 2.05) is 19.2 Å². The molecule has 21 heavy (non-hydrogen) atoms. The molecule has 1 aromatic carbocycles. The number of imidazole rings is 1. The van der Waals surface area contributed by atoms with E-state index in [2.05, 4.69) is 37.0 Å². The summed E-state index contributed by atoms with van der Waals surface area (Å²) >= 11 is 0. The van der Waals surface area contributed by atoms with Crippen molar-refractivity contribution >= 4 is 17.0 Å². The molecule has 0 radical (unpaired) electrons. The minimum Gasteiger partial charge on any atom is -0.497 e. The van der Waals surface area contributed by atoms with Crippen molar-refractivity contribution in [3.8, 4) is 5.75 Å². The van der Waals surface area contributed by atoms with Crippen LogP contribution in [0.15, 0.2) is 36.9 Å². The number of hydrogen-bond acceptors (Lipinski definition) is 5. The molecule has 0 saturated heterocycles. The molecule has 0 saturated carbocycles. The summed E-state index contributed by atoms with van der Waals surface area (Å²) in [7, 11) is 3.69. The average molecular weight is 283 g/mol. The summed E-state index contributed by atoms with van der Waals surface area (Å²) in [5.41, 5.74) is 2.82. The molecule has 3 aromatic rings. The third-order valence-corrected chi connectivity index (χ3v) is 3.46. The van der Waals surface area contributed by atoms with Crippen LogP contribution in [-0.4, -0.2) is 40.6 Å². The molecule has 0 bridgehead atoms. The lowest BCUT2D eigenvalue weighted by molar-refractivity contribution is 0.414. The minimum atomic E-state index is 0.691. The number of anilines is 1. The number of aromatic amines is 1. The molecular weight excluding hydrogens is 266 g/mol. The van der Waals surface area contributed by atoms with Crippen LogP contribution < -0.4 is 9.64 Å². The van der Waals surface area contributed by atoms with Crippen LogP contribution in [0.1, 0.15) is 5.56 Å². The highest BCUT2D eigenvalue weighted by Gasteiger charge is 2.10. The number of methoxy groups -OCH3 is 1. The third-order valence-electron chi connectivity index (χ3n) is 3.46. The minimum absolute atomic E-state index is 0.691. The van der Waals surface area contributed by atoms with Crippen LogP contribution in [0.2, 0.25) is 0 Å². The van der Waals surface area contributed by atoms with E-state index in [-0.39, 0.29) is 0 Å². The number of H-pyrrole nitrogens is 1. The normalized spacial score (nSPS) is 10.8. The summed E-state index contributed by atoms with van der Waals surface area (Å²) in [6, 6.07) is 8.12. The monoisotopic (exact) mass is 283 g/mol. The van der Waals surface area contributed by atoms with Crippen molar-refractivity contribution in [1.82, 2.24) is 19.9 Å². The molecule has 2 heterocycles. The molecule has 0 amide bonds. The lowest BCUT2D eigenvalue weighted by Gasteiger charge is -2.18. The Hall–Kier alpha value is -2.63. The molecule has 0 aliphatic rings. The van der Waals surface area contributed by atoms with Gasteiger partial charge in [0.25, 0.3) is 0 Å². The van der Waals surface area contributed by atoms with Crippen molar-refractivity contribution in [2.24, 2.45) is 0 Å². The number of ether oxygens (including phenoxy) is 1. The van der Waals surface area contributed by atoms with Crippen LogP contribution in [-0.2, 0) is 6.42 Å². The molecule has 0 aliphatic carbocycles. The van der Waals surface area contributed by atoms with Gasteiger partial charge in [0.2, 0.25) is 0 Å². The predicted octanol–water partition coefficient (Wildman–Crippen LogP) is 2.04. The Morgan fingerprint density at radius 1 is 1.14 bits per heavy atom. The zero-order valence-corrected chi connectivity index (χ0v) is 12.1. The van der Waals surface area contributed by atoms with Crippen LogP contribution in [0.25, 0.3) is 11.2 Å². The number of likely N-dealkylation sites (N-methyl/N-ethyl adjacent to an activating group) is 1. The van der Waals surface area contributed by atoms with Gasteiger partial charge >= 0.3 is 0 Å². The van der Waals surface area contributed by atoms with Gasteiger partial charge in [0.15, 0.2) is 11.5 Å². The molecule has 0 unspecified atom stereocenters. The second-order valence-corrected chi connectivity index (χ2v) is 4.82. The van der Waals surface area contributed by atoms with Gasteiger partial charge in [-0.25, -0.2) is 15.0 Å². The first-order chi connectivity index (χ1) is 10.3. The first-order valence-electron chi connectivity index (χ1n) is 6.76. The maximum absolute atomic E-state index is 5.16. The standard InChI is InChI=1S/C15H17N5O/c1-20(8-7-11-3-5-12(21-2)6-4-11)15-13-14(17-9-16-13)18-10-19-15/h3-6,9-10H,7-8H2,1-2H3,(H,16,17,18,19). The molecule has 2 aromatic heterocycles. The highest BCUT2D eigenvalue weighted by Crippen LogP contribution is 2.19. The van der Waals surface area contributed by atoms with E-state index in [4.69, 9.17) is 4.74 Å². The summed E-state index contributed by atoms with van der Waals surface area (Å²) in [6.07, 6.45) is 4.11. The van der Waals surface area contributed by atoms with Gasteiger partial charge in [-0.1, -0.05) is 12.1 Å². The van der Waals surface area contributed by atoms with Gasteiger partial charge in [-0.2, -0.15) is 0 Å². The molecule has 3 rings (SSSR count). The van der Waals surface area contributed by atoms with Crippen molar-refractivity contribution in [1.29, 1.82) is 0 Å². The van der Waals surface area contributed by atoms with E-state index in [0.717, 1.165) is 30.0 Å². The van der Waals surface area contributed by atoms with Gasteiger partial charge in [-0.15, -0.1) is 0 Å². The maximum Gasteiger partial charge on any atom is 0.182 e. The largest absolute Gasteiger partial charge is 0.497 e. The fourth-order valence-electron chi connectivity index (χ4n) is 2.24. The molecule has 6 nitrogen and oxygen atoms in total. The van der Waals surface area contributed by atoms with E-state index < -0.39 is 0 Å². The van der Waals surface area contributed by atoms with E-state index >= 15 is 0 Å². The first-order valence-corrected chi connectivity index (χ1v) is 6.76. The zero-order valence-electron chi connectivity index (χ0n) is 12.1. The fraction of sp³-hybridized carbons (Fsp3) is 0.267. The van der Waals surface area contributed by atoms with E-state index in [1.165, 1.54) is 5.56 Å². The Balaban J connectivity index is 1.71. The van der Waals surface area contributed by atoms with E-state index in [9.17, 15) is 0 Å². The van der Waals surface area contributed by atoms with Gasteiger partial charge in [0.05, 0.1) is 13.4 Å². The van der Waals surface area contributed by atoms with Crippen molar-refractivity contribution in [2.45, 2.75) is 6.42 Å². The van der Waals surface area contributed by atoms with Crippen LogP contribution in [0.5, 0.6) is 5.75 Å². The van der Waals surface area contributed by atoms with Crippen molar-refractivity contribution in [3.63, 3.8) is 0 Å². The number of nitrogens with one attached hydrogen (secondary N) is 1. The van der Waals surface area contributed by atoms with E-state index in [1.54, 1.807) is 19.8 Å². The average Bonchev–Trinajstić information content (AvgIpc) is 3.01. The van der Waals surface area contributed by atoms with Crippen LogP contribution in [0.3, 0.4) is 0 Å². The van der Waals surface area contributed by atoms with Crippen LogP contribution in [0, 0.1) is 0 Å². The SMILES string of the molecule is COc1ccc(CCN(C)c2ncnc3nc[nH]c23)cc1. The maximum atomic E-state index is 5.16. The quantitative estimate of drug-likeness (QED) is 0.776. The van der Waals surface area contributed by atoms with Gasteiger partial charge in [-0.05, 0) is 24.1 Å². The Morgan fingerprint density at radius 2 is 1.95 bits per heavy atom. The van der Waals surface area contributed by atoms with Crippen molar-refractivity contribution in [3.05, 3.63) is 42.5 Å². The highest BCUT2D eigenvalue weighted by atomic mass is 16.5. The summed E-state index contributed by atoms with van der Waals surface area (Å²) < 4.78 is 5.16. The Morgan fingerprint density at radius 3 is 2.71 bits per heavy atom. The highest BCUT2D eigenvalue weighted by molar-refractivity contribution is 5.82. The number of hydrogen-bond donors (Lipinski definition) is 1. The number of benzene rings is 1. The second kappa shape index (κ2) is 5.78. The van der Waals surface area contributed by atoms with E-state index in [0.29, 0.717) is 5.65 Å². The lowest BCUT2D eigenvalue weighted by Crippen LogP contribution is -2.21. The molecular formula is C15H17N5O. The van der Waals surface area contributed by atoms with Crippen LogP contribution in [0.4, 0.5) is 5.82 Å². The number of fused-ring (bicyclic) bond motifs is 1. The Kier molecular flexibility index (Phi) is 3.68. The summed E-state index contributed by atoms with van der Waals surface area (Å²) in [4.78, 5) is 17.8. The smallest absolute Gasteiger partial charge is 0.182 e. The second-order valence-electron chi connectivity index (χ2n) is 4.82. The molecule has 0 spiro atoms. The summed E-state index contributed by atoms with van der Waals surface area (Å²) in [5.74, 6) is 1.74. The molecule has 0 fully saturated rings. The summed E-state index contributed by atoms with van der Waals surface area (Å²) in [6.45, 7) is 0.859. The lowest BCUT2D eigenvalue weighted by atomic mass is 10.1. The molecule has 0 atom stereocenters. The van der Waals surface area contributed by atoms with Gasteiger partial charge < -0.3 is 14.6 Å².